The van der Waals surface area contributed by atoms with E-state index in [1.807, 2.05) is 0 Å². The van der Waals surface area contributed by atoms with Crippen LogP contribution in [0.2, 0.25) is 0 Å². The first-order chi connectivity index (χ1) is 7.21. The molecule has 0 aliphatic heterocycles. The van der Waals surface area contributed by atoms with Crippen molar-refractivity contribution in [3.63, 3.8) is 0 Å². The monoisotopic (exact) mass is 349 g/mol. The van der Waals surface area contributed by atoms with E-state index in [0.717, 1.165) is 13.0 Å². The predicted molar refractivity (Wildman–Crippen MR) is 59.7 cm³/mol. The van der Waals surface area contributed by atoms with E-state index in [1.165, 1.54) is 6.07 Å². The van der Waals surface area contributed by atoms with Crippen LogP contribution in [0, 0.1) is 9.39 Å². The Morgan fingerprint density at radius 1 is 1.38 bits per heavy atom. The molecule has 16 heavy (non-hydrogen) atoms. The summed E-state index contributed by atoms with van der Waals surface area (Å²) < 4.78 is 54.4. The molecule has 0 saturated carbocycles. The van der Waals surface area contributed by atoms with E-state index in [1.54, 1.807) is 22.6 Å². The molecule has 0 spiro atoms. The molecule has 1 aromatic carbocycles. The van der Waals surface area contributed by atoms with Gasteiger partial charge in [-0.1, -0.05) is 0 Å². The smallest absolute Gasteiger partial charge is 0.425 e. The molecule has 0 aliphatic rings. The topological polar surface area (TPSA) is 35.2 Å². The quantitative estimate of drug-likeness (QED) is 0.505. The van der Waals surface area contributed by atoms with Crippen LogP contribution in [0.15, 0.2) is 12.1 Å². The molecule has 0 amide bonds. The average Bonchev–Trinajstić information content (AvgIpc) is 2.12. The standard InChI is InChI=1S/C9H8F4INO/c1-4(9(11,12)13)16-8-2-5(10)6(14)3-7(8)15/h2-4H,15H2,1H3. The van der Waals surface area contributed by atoms with Crippen molar-refractivity contribution < 1.29 is 22.3 Å². The molecule has 0 fully saturated rings. The van der Waals surface area contributed by atoms with Crippen LogP contribution in [0.1, 0.15) is 6.92 Å². The second-order valence-electron chi connectivity index (χ2n) is 3.11. The van der Waals surface area contributed by atoms with Gasteiger partial charge < -0.3 is 10.5 Å². The van der Waals surface area contributed by atoms with Gasteiger partial charge in [-0.15, -0.1) is 0 Å². The first kappa shape index (κ1) is 13.3. The summed E-state index contributed by atoms with van der Waals surface area (Å²) in [5.41, 5.74) is 5.39. The van der Waals surface area contributed by atoms with Gasteiger partial charge in [0.1, 0.15) is 11.6 Å². The molecular formula is C9H8F4INO. The summed E-state index contributed by atoms with van der Waals surface area (Å²) in [7, 11) is 0. The zero-order valence-electron chi connectivity index (χ0n) is 8.11. The van der Waals surface area contributed by atoms with Crippen LogP contribution in [0.25, 0.3) is 0 Å². The summed E-state index contributed by atoms with van der Waals surface area (Å²) >= 11 is 1.68. The van der Waals surface area contributed by atoms with Crippen molar-refractivity contribution in [3.8, 4) is 5.75 Å². The van der Waals surface area contributed by atoms with Crippen LogP contribution in [0.4, 0.5) is 23.2 Å². The Balaban J connectivity index is 2.94. The second-order valence-corrected chi connectivity index (χ2v) is 4.27. The van der Waals surface area contributed by atoms with Crippen LogP contribution in [-0.4, -0.2) is 12.3 Å². The van der Waals surface area contributed by atoms with E-state index in [2.05, 4.69) is 4.74 Å². The van der Waals surface area contributed by atoms with E-state index < -0.39 is 18.1 Å². The van der Waals surface area contributed by atoms with Crippen molar-refractivity contribution in [2.24, 2.45) is 0 Å². The molecule has 0 saturated heterocycles. The maximum absolute atomic E-state index is 13.1. The van der Waals surface area contributed by atoms with Gasteiger partial charge in [0.05, 0.1) is 9.26 Å². The van der Waals surface area contributed by atoms with Gasteiger partial charge in [0.25, 0.3) is 0 Å². The highest BCUT2D eigenvalue weighted by molar-refractivity contribution is 14.1. The molecule has 1 unspecified atom stereocenters. The highest BCUT2D eigenvalue weighted by Gasteiger charge is 2.38. The van der Waals surface area contributed by atoms with Crippen LogP contribution >= 0.6 is 22.6 Å². The number of hydrogen-bond acceptors (Lipinski definition) is 2. The summed E-state index contributed by atoms with van der Waals surface area (Å²) in [4.78, 5) is 0. The van der Waals surface area contributed by atoms with Crippen LogP contribution in [-0.2, 0) is 0 Å². The molecule has 0 bridgehead atoms. The number of benzene rings is 1. The van der Waals surface area contributed by atoms with Crippen molar-refractivity contribution in [3.05, 3.63) is 21.5 Å². The Bertz CT molecular complexity index is 394. The largest absolute Gasteiger partial charge is 0.479 e. The molecule has 7 heteroatoms. The van der Waals surface area contributed by atoms with Crippen molar-refractivity contribution >= 4 is 28.3 Å². The Morgan fingerprint density at radius 3 is 2.44 bits per heavy atom. The molecule has 1 aromatic rings. The summed E-state index contributed by atoms with van der Waals surface area (Å²) in [6, 6.07) is 2.06. The lowest BCUT2D eigenvalue weighted by Gasteiger charge is -2.18. The van der Waals surface area contributed by atoms with Crippen LogP contribution < -0.4 is 10.5 Å². The first-order valence-corrected chi connectivity index (χ1v) is 5.27. The van der Waals surface area contributed by atoms with Gasteiger partial charge in [-0.2, -0.15) is 13.2 Å². The zero-order valence-corrected chi connectivity index (χ0v) is 10.3. The van der Waals surface area contributed by atoms with Crippen molar-refractivity contribution in [2.75, 3.05) is 5.73 Å². The third-order valence-corrected chi connectivity index (χ3v) is 2.64. The number of ether oxygens (including phenoxy) is 1. The number of rotatable bonds is 2. The van der Waals surface area contributed by atoms with Gasteiger partial charge in [0.2, 0.25) is 0 Å². The number of alkyl halides is 3. The minimum absolute atomic E-state index is 0.0260. The molecule has 1 atom stereocenters. The summed E-state index contributed by atoms with van der Waals surface area (Å²) in [5.74, 6) is -0.970. The van der Waals surface area contributed by atoms with Crippen LogP contribution in [0.3, 0.4) is 0 Å². The number of nitrogen functional groups attached to an aromatic ring is 1. The third kappa shape index (κ3) is 3.13. The number of nitrogens with two attached hydrogens (primary N) is 1. The minimum Gasteiger partial charge on any atom is -0.479 e. The lowest BCUT2D eigenvalue weighted by Crippen LogP contribution is -2.31. The van der Waals surface area contributed by atoms with Gasteiger partial charge in [-0.25, -0.2) is 4.39 Å². The van der Waals surface area contributed by atoms with Crippen molar-refractivity contribution in [1.82, 2.24) is 0 Å². The summed E-state index contributed by atoms with van der Waals surface area (Å²) in [5, 5.41) is 0. The number of anilines is 1. The number of halogens is 5. The fourth-order valence-corrected chi connectivity index (χ4v) is 1.39. The third-order valence-electron chi connectivity index (χ3n) is 1.82. The molecule has 2 N–H and O–H groups in total. The normalized spacial score (nSPS) is 13.6. The Kier molecular flexibility index (Phi) is 3.87. The van der Waals surface area contributed by atoms with Crippen molar-refractivity contribution in [2.45, 2.75) is 19.2 Å². The predicted octanol–water partition coefficient (Wildman–Crippen LogP) is 3.34. The minimum atomic E-state index is -4.51. The Hall–Kier alpha value is -0.730. The maximum Gasteiger partial charge on any atom is 0.425 e. The molecule has 0 aliphatic carbocycles. The van der Waals surface area contributed by atoms with Gasteiger partial charge in [-0.05, 0) is 35.6 Å². The van der Waals surface area contributed by atoms with E-state index in [9.17, 15) is 17.6 Å². The van der Waals surface area contributed by atoms with E-state index in [-0.39, 0.29) is 15.0 Å². The second kappa shape index (κ2) is 4.64. The first-order valence-electron chi connectivity index (χ1n) is 4.19. The van der Waals surface area contributed by atoms with Gasteiger partial charge in [0.15, 0.2) is 6.10 Å². The number of hydrogen-bond donors (Lipinski definition) is 1. The molecule has 0 radical (unpaired) electrons. The molecule has 1 rings (SSSR count). The lowest BCUT2D eigenvalue weighted by atomic mass is 10.3. The molecule has 90 valence electrons. The molecule has 0 heterocycles. The SMILES string of the molecule is CC(Oc1cc(F)c(I)cc1N)C(F)(F)F. The molecule has 0 aromatic heterocycles. The van der Waals surface area contributed by atoms with Gasteiger partial charge >= 0.3 is 6.18 Å². The van der Waals surface area contributed by atoms with E-state index >= 15 is 0 Å². The van der Waals surface area contributed by atoms with E-state index in [4.69, 9.17) is 5.73 Å². The van der Waals surface area contributed by atoms with Gasteiger partial charge in [-0.3, -0.25) is 0 Å². The Labute approximate surface area is 103 Å². The summed E-state index contributed by atoms with van der Waals surface area (Å²) in [6.07, 6.45) is -6.54. The van der Waals surface area contributed by atoms with Crippen molar-refractivity contribution in [1.29, 1.82) is 0 Å². The maximum atomic E-state index is 13.1. The molecular weight excluding hydrogens is 341 g/mol. The fourth-order valence-electron chi connectivity index (χ4n) is 0.903. The van der Waals surface area contributed by atoms with Gasteiger partial charge in [0, 0.05) is 6.07 Å². The highest BCUT2D eigenvalue weighted by Crippen LogP contribution is 2.30. The Morgan fingerprint density at radius 2 is 1.94 bits per heavy atom. The highest BCUT2D eigenvalue weighted by atomic mass is 127. The average molecular weight is 349 g/mol. The zero-order chi connectivity index (χ0) is 12.5. The summed E-state index contributed by atoms with van der Waals surface area (Å²) in [6.45, 7) is 0.829. The van der Waals surface area contributed by atoms with Crippen LogP contribution in [0.5, 0.6) is 5.75 Å². The lowest BCUT2D eigenvalue weighted by molar-refractivity contribution is -0.189. The van der Waals surface area contributed by atoms with E-state index in [0.29, 0.717) is 0 Å². The molecule has 2 nitrogen and oxygen atoms in total. The fraction of sp³-hybridized carbons (Fsp3) is 0.333.